The highest BCUT2D eigenvalue weighted by atomic mass is 19.1. The molecule has 18 heavy (non-hydrogen) atoms. The highest BCUT2D eigenvalue weighted by molar-refractivity contribution is 5.30. The predicted octanol–water partition coefficient (Wildman–Crippen LogP) is 3.01. The van der Waals surface area contributed by atoms with Crippen molar-refractivity contribution in [3.8, 4) is 5.75 Å². The lowest BCUT2D eigenvalue weighted by Crippen LogP contribution is -2.17. The average molecular weight is 248 g/mol. The van der Waals surface area contributed by atoms with E-state index in [2.05, 4.69) is 10.3 Å². The van der Waals surface area contributed by atoms with Gasteiger partial charge in [-0.3, -0.25) is 0 Å². The molecule has 0 fully saturated rings. The molecule has 0 aliphatic carbocycles. The van der Waals surface area contributed by atoms with Gasteiger partial charge in [0, 0.05) is 25.0 Å². The number of hydrogen-bond donors (Lipinski definition) is 2. The second kappa shape index (κ2) is 5.69. The number of benzene rings is 1. The molecule has 0 spiro atoms. The van der Waals surface area contributed by atoms with Gasteiger partial charge in [-0.1, -0.05) is 6.07 Å². The van der Waals surface area contributed by atoms with E-state index in [1.165, 1.54) is 18.7 Å². The smallest absolute Gasteiger partial charge is 0.165 e. The number of H-pyrrole nitrogens is 1. The van der Waals surface area contributed by atoms with Crippen molar-refractivity contribution in [2.75, 3.05) is 7.11 Å². The maximum Gasteiger partial charge on any atom is 0.165 e. The number of hydrogen-bond acceptors (Lipinski definition) is 2. The van der Waals surface area contributed by atoms with Crippen LogP contribution in [-0.4, -0.2) is 12.1 Å². The van der Waals surface area contributed by atoms with Crippen molar-refractivity contribution >= 4 is 0 Å². The lowest BCUT2D eigenvalue weighted by molar-refractivity contribution is 0.385. The van der Waals surface area contributed by atoms with Gasteiger partial charge in [0.2, 0.25) is 0 Å². The summed E-state index contributed by atoms with van der Waals surface area (Å²) in [5, 5.41) is 3.34. The summed E-state index contributed by atoms with van der Waals surface area (Å²) in [5.41, 5.74) is 2.08. The highest BCUT2D eigenvalue weighted by Crippen LogP contribution is 2.21. The van der Waals surface area contributed by atoms with E-state index in [9.17, 15) is 4.39 Å². The maximum absolute atomic E-state index is 13.6. The minimum absolute atomic E-state index is 0.0836. The van der Waals surface area contributed by atoms with Gasteiger partial charge in [-0.15, -0.1) is 0 Å². The molecule has 3 nitrogen and oxygen atoms in total. The Kier molecular flexibility index (Phi) is 3.99. The van der Waals surface area contributed by atoms with Crippen LogP contribution in [0.3, 0.4) is 0 Å². The second-order valence-corrected chi connectivity index (χ2v) is 4.22. The van der Waals surface area contributed by atoms with Crippen molar-refractivity contribution in [3.05, 3.63) is 53.6 Å². The summed E-state index contributed by atoms with van der Waals surface area (Å²) in [6, 6.07) is 7.12. The Morgan fingerprint density at radius 2 is 2.22 bits per heavy atom. The zero-order valence-corrected chi connectivity index (χ0v) is 10.5. The summed E-state index contributed by atoms with van der Waals surface area (Å²) < 4.78 is 18.5. The first-order valence-electron chi connectivity index (χ1n) is 5.89. The average Bonchev–Trinajstić information content (AvgIpc) is 2.89. The van der Waals surface area contributed by atoms with Crippen LogP contribution < -0.4 is 10.1 Å². The first-order chi connectivity index (χ1) is 8.70. The second-order valence-electron chi connectivity index (χ2n) is 4.22. The molecular weight excluding hydrogens is 231 g/mol. The van der Waals surface area contributed by atoms with Gasteiger partial charge >= 0.3 is 0 Å². The van der Waals surface area contributed by atoms with Crippen LogP contribution >= 0.6 is 0 Å². The molecule has 0 aliphatic heterocycles. The SMILES string of the molecule is COc1ccc(C(C)NCc2cc[nH]c2)cc1F. The minimum atomic E-state index is -0.328. The van der Waals surface area contributed by atoms with Gasteiger partial charge in [-0.05, 0) is 36.2 Å². The van der Waals surface area contributed by atoms with E-state index in [-0.39, 0.29) is 17.6 Å². The Bertz CT molecular complexity index is 497. The van der Waals surface area contributed by atoms with Gasteiger partial charge in [-0.2, -0.15) is 0 Å². The summed E-state index contributed by atoms with van der Waals surface area (Å²) in [6.07, 6.45) is 3.82. The molecule has 0 bridgehead atoms. The van der Waals surface area contributed by atoms with E-state index in [4.69, 9.17) is 4.74 Å². The molecule has 2 N–H and O–H groups in total. The van der Waals surface area contributed by atoms with Gasteiger partial charge in [0.25, 0.3) is 0 Å². The van der Waals surface area contributed by atoms with Crippen LogP contribution in [0.5, 0.6) is 5.75 Å². The molecule has 2 aromatic rings. The van der Waals surface area contributed by atoms with Crippen molar-refractivity contribution in [3.63, 3.8) is 0 Å². The fraction of sp³-hybridized carbons (Fsp3) is 0.286. The van der Waals surface area contributed by atoms with Crippen molar-refractivity contribution in [2.24, 2.45) is 0 Å². The summed E-state index contributed by atoms with van der Waals surface area (Å²) in [4.78, 5) is 3.00. The fourth-order valence-corrected chi connectivity index (χ4v) is 1.81. The van der Waals surface area contributed by atoms with E-state index in [0.717, 1.165) is 12.1 Å². The lowest BCUT2D eigenvalue weighted by Gasteiger charge is -2.14. The maximum atomic E-state index is 13.6. The first kappa shape index (κ1) is 12.6. The molecule has 0 radical (unpaired) electrons. The molecule has 4 heteroatoms. The molecule has 0 aliphatic rings. The standard InChI is InChI=1S/C14H17FN2O/c1-10(17-9-11-5-6-16-8-11)12-3-4-14(18-2)13(15)7-12/h3-8,10,16-17H,9H2,1-2H3. The lowest BCUT2D eigenvalue weighted by atomic mass is 10.1. The normalized spacial score (nSPS) is 12.4. The number of aromatic amines is 1. The van der Waals surface area contributed by atoms with Crippen molar-refractivity contribution < 1.29 is 9.13 Å². The van der Waals surface area contributed by atoms with E-state index in [1.807, 2.05) is 31.5 Å². The molecule has 0 amide bonds. The van der Waals surface area contributed by atoms with Crippen molar-refractivity contribution in [1.82, 2.24) is 10.3 Å². The van der Waals surface area contributed by atoms with Gasteiger partial charge in [-0.25, -0.2) is 4.39 Å². The molecule has 0 saturated heterocycles. The Balaban J connectivity index is 2.00. The minimum Gasteiger partial charge on any atom is -0.494 e. The van der Waals surface area contributed by atoms with Crippen LogP contribution in [0.1, 0.15) is 24.1 Å². The van der Waals surface area contributed by atoms with E-state index >= 15 is 0 Å². The van der Waals surface area contributed by atoms with Gasteiger partial charge in [0.15, 0.2) is 11.6 Å². The van der Waals surface area contributed by atoms with Crippen LogP contribution in [0.25, 0.3) is 0 Å². The number of ether oxygens (including phenoxy) is 1. The van der Waals surface area contributed by atoms with E-state index in [0.29, 0.717) is 0 Å². The van der Waals surface area contributed by atoms with Crippen LogP contribution in [0.4, 0.5) is 4.39 Å². The fourth-order valence-electron chi connectivity index (χ4n) is 1.81. The number of rotatable bonds is 5. The molecule has 1 heterocycles. The molecule has 0 saturated carbocycles. The Hall–Kier alpha value is -1.81. The number of aromatic nitrogens is 1. The molecule has 1 aromatic carbocycles. The zero-order chi connectivity index (χ0) is 13.0. The van der Waals surface area contributed by atoms with Crippen molar-refractivity contribution in [2.45, 2.75) is 19.5 Å². The van der Waals surface area contributed by atoms with E-state index < -0.39 is 0 Å². The highest BCUT2D eigenvalue weighted by Gasteiger charge is 2.09. The number of methoxy groups -OCH3 is 1. The molecular formula is C14H17FN2O. The van der Waals surface area contributed by atoms with Crippen LogP contribution in [0.15, 0.2) is 36.7 Å². The molecule has 1 atom stereocenters. The molecule has 1 unspecified atom stereocenters. The third-order valence-corrected chi connectivity index (χ3v) is 2.95. The summed E-state index contributed by atoms with van der Waals surface area (Å²) in [6.45, 7) is 2.76. The molecule has 96 valence electrons. The Labute approximate surface area is 106 Å². The number of halogens is 1. The van der Waals surface area contributed by atoms with Crippen LogP contribution in [0.2, 0.25) is 0 Å². The Morgan fingerprint density at radius 3 is 2.83 bits per heavy atom. The third kappa shape index (κ3) is 2.90. The predicted molar refractivity (Wildman–Crippen MR) is 69.0 cm³/mol. The third-order valence-electron chi connectivity index (χ3n) is 2.95. The summed E-state index contributed by atoms with van der Waals surface area (Å²) in [5.74, 6) is -0.0538. The molecule has 1 aromatic heterocycles. The first-order valence-corrected chi connectivity index (χ1v) is 5.89. The number of nitrogens with one attached hydrogen (secondary N) is 2. The van der Waals surface area contributed by atoms with Crippen LogP contribution in [0, 0.1) is 5.82 Å². The van der Waals surface area contributed by atoms with E-state index in [1.54, 1.807) is 6.07 Å². The van der Waals surface area contributed by atoms with Gasteiger partial charge < -0.3 is 15.0 Å². The van der Waals surface area contributed by atoms with Gasteiger partial charge in [0.05, 0.1) is 7.11 Å². The largest absolute Gasteiger partial charge is 0.494 e. The van der Waals surface area contributed by atoms with Crippen molar-refractivity contribution in [1.29, 1.82) is 0 Å². The zero-order valence-electron chi connectivity index (χ0n) is 10.5. The summed E-state index contributed by atoms with van der Waals surface area (Å²) in [7, 11) is 1.46. The van der Waals surface area contributed by atoms with Crippen LogP contribution in [-0.2, 0) is 6.54 Å². The summed E-state index contributed by atoms with van der Waals surface area (Å²) >= 11 is 0. The monoisotopic (exact) mass is 248 g/mol. The molecule has 2 rings (SSSR count). The topological polar surface area (TPSA) is 37.0 Å². The Morgan fingerprint density at radius 1 is 1.39 bits per heavy atom. The van der Waals surface area contributed by atoms with Gasteiger partial charge in [0.1, 0.15) is 0 Å². The quantitative estimate of drug-likeness (QED) is 0.853.